The van der Waals surface area contributed by atoms with E-state index in [0.717, 1.165) is 55.0 Å². The zero-order chi connectivity index (χ0) is 21.3. The minimum absolute atomic E-state index is 0.0798. The summed E-state index contributed by atoms with van der Waals surface area (Å²) in [7, 11) is 0. The van der Waals surface area contributed by atoms with Crippen LogP contribution in [0.25, 0.3) is 11.0 Å². The van der Waals surface area contributed by atoms with Gasteiger partial charge in [-0.05, 0) is 43.5 Å². The molecule has 0 aromatic carbocycles. The molecule has 0 bridgehead atoms. The summed E-state index contributed by atoms with van der Waals surface area (Å²) in [5, 5.41) is 5.36. The molecule has 1 saturated heterocycles. The molecule has 1 aliphatic heterocycles. The van der Waals surface area contributed by atoms with E-state index in [1.807, 2.05) is 40.2 Å². The Morgan fingerprint density at radius 1 is 1.07 bits per heavy atom. The monoisotopic (exact) mass is 406 g/mol. The molecule has 0 atom stereocenters. The number of carbonyl (C=O) groups is 1. The Morgan fingerprint density at radius 2 is 1.77 bits per heavy atom. The zero-order valence-electron chi connectivity index (χ0n) is 18.2. The SMILES string of the molecule is CC(C)c1cc(C(=O)N2CCN(Cc3ccncc3)CC2)c2cnn(C(C)C)c2n1. The summed E-state index contributed by atoms with van der Waals surface area (Å²) in [4.78, 5) is 26.7. The maximum absolute atomic E-state index is 13.5. The van der Waals surface area contributed by atoms with Crippen molar-refractivity contribution in [2.75, 3.05) is 26.2 Å². The number of piperazine rings is 1. The van der Waals surface area contributed by atoms with Gasteiger partial charge in [-0.2, -0.15) is 5.10 Å². The summed E-state index contributed by atoms with van der Waals surface area (Å²) in [5.41, 5.74) is 3.71. The fourth-order valence-electron chi connectivity index (χ4n) is 3.91. The molecule has 4 heterocycles. The van der Waals surface area contributed by atoms with Crippen LogP contribution in [0, 0.1) is 0 Å². The van der Waals surface area contributed by atoms with E-state index in [1.54, 1.807) is 6.20 Å². The first-order chi connectivity index (χ1) is 14.4. The number of amides is 1. The van der Waals surface area contributed by atoms with Gasteiger partial charge in [-0.1, -0.05) is 13.8 Å². The van der Waals surface area contributed by atoms with E-state index in [2.05, 4.69) is 42.7 Å². The summed E-state index contributed by atoms with van der Waals surface area (Å²) in [6.07, 6.45) is 5.44. The highest BCUT2D eigenvalue weighted by Crippen LogP contribution is 2.26. The lowest BCUT2D eigenvalue weighted by molar-refractivity contribution is 0.0630. The quantitative estimate of drug-likeness (QED) is 0.649. The van der Waals surface area contributed by atoms with Crippen molar-refractivity contribution in [2.45, 2.75) is 46.2 Å². The van der Waals surface area contributed by atoms with Crippen molar-refractivity contribution in [3.8, 4) is 0 Å². The zero-order valence-corrected chi connectivity index (χ0v) is 18.2. The largest absolute Gasteiger partial charge is 0.336 e. The third-order valence-electron chi connectivity index (χ3n) is 5.71. The van der Waals surface area contributed by atoms with Gasteiger partial charge in [0.05, 0.1) is 17.1 Å². The number of nitrogens with zero attached hydrogens (tertiary/aromatic N) is 6. The molecule has 0 unspecified atom stereocenters. The van der Waals surface area contributed by atoms with Gasteiger partial charge in [0.1, 0.15) is 0 Å². The van der Waals surface area contributed by atoms with Gasteiger partial charge in [-0.25, -0.2) is 9.67 Å². The Kier molecular flexibility index (Phi) is 5.81. The van der Waals surface area contributed by atoms with Crippen molar-refractivity contribution in [2.24, 2.45) is 0 Å². The molecule has 1 fully saturated rings. The summed E-state index contributed by atoms with van der Waals surface area (Å²) < 4.78 is 1.91. The lowest BCUT2D eigenvalue weighted by Gasteiger charge is -2.35. The number of fused-ring (bicyclic) bond motifs is 1. The summed E-state index contributed by atoms with van der Waals surface area (Å²) >= 11 is 0. The van der Waals surface area contributed by atoms with Gasteiger partial charge >= 0.3 is 0 Å². The van der Waals surface area contributed by atoms with E-state index in [1.165, 1.54) is 5.56 Å². The molecule has 0 saturated carbocycles. The van der Waals surface area contributed by atoms with Crippen LogP contribution >= 0.6 is 0 Å². The molecule has 1 aliphatic rings. The summed E-state index contributed by atoms with van der Waals surface area (Å²) in [6.45, 7) is 12.5. The number of aromatic nitrogens is 4. The molecular formula is C23H30N6O. The highest BCUT2D eigenvalue weighted by molar-refractivity contribution is 6.05. The Bertz CT molecular complexity index is 1020. The maximum Gasteiger partial charge on any atom is 0.254 e. The first kappa shape index (κ1) is 20.5. The smallest absolute Gasteiger partial charge is 0.254 e. The van der Waals surface area contributed by atoms with Crippen molar-refractivity contribution in [1.29, 1.82) is 0 Å². The molecular weight excluding hydrogens is 376 g/mol. The Balaban J connectivity index is 1.55. The van der Waals surface area contributed by atoms with Crippen LogP contribution in [0.15, 0.2) is 36.8 Å². The first-order valence-corrected chi connectivity index (χ1v) is 10.7. The van der Waals surface area contributed by atoms with Crippen molar-refractivity contribution < 1.29 is 4.79 Å². The fraction of sp³-hybridized carbons (Fsp3) is 0.478. The van der Waals surface area contributed by atoms with Crippen LogP contribution in [0.5, 0.6) is 0 Å². The Morgan fingerprint density at radius 3 is 2.40 bits per heavy atom. The van der Waals surface area contributed by atoms with Gasteiger partial charge in [-0.3, -0.25) is 14.7 Å². The highest BCUT2D eigenvalue weighted by Gasteiger charge is 2.26. The van der Waals surface area contributed by atoms with Gasteiger partial charge in [0, 0.05) is 56.9 Å². The molecule has 0 N–H and O–H groups in total. The fourth-order valence-corrected chi connectivity index (χ4v) is 3.91. The van der Waals surface area contributed by atoms with Crippen LogP contribution in [-0.4, -0.2) is 61.6 Å². The molecule has 0 aliphatic carbocycles. The van der Waals surface area contributed by atoms with E-state index < -0.39 is 0 Å². The third kappa shape index (κ3) is 4.07. The standard InChI is InChI=1S/C23H30N6O/c1-16(2)21-13-19(20-14-25-29(17(3)4)22(20)26-21)23(30)28-11-9-27(10-12-28)15-18-5-7-24-8-6-18/h5-8,13-14,16-17H,9-12,15H2,1-4H3. The van der Waals surface area contributed by atoms with Gasteiger partial charge in [0.25, 0.3) is 5.91 Å². The second kappa shape index (κ2) is 8.52. The number of pyridine rings is 2. The van der Waals surface area contributed by atoms with Crippen LogP contribution in [0.1, 0.15) is 61.3 Å². The third-order valence-corrected chi connectivity index (χ3v) is 5.71. The van der Waals surface area contributed by atoms with Crippen molar-refractivity contribution >= 4 is 16.9 Å². The molecule has 0 radical (unpaired) electrons. The summed E-state index contributed by atoms with van der Waals surface area (Å²) in [5.74, 6) is 0.324. The molecule has 30 heavy (non-hydrogen) atoms. The van der Waals surface area contributed by atoms with E-state index in [4.69, 9.17) is 4.98 Å². The normalized spacial score (nSPS) is 15.5. The van der Waals surface area contributed by atoms with Crippen LogP contribution in [0.3, 0.4) is 0 Å². The minimum Gasteiger partial charge on any atom is -0.336 e. The second-order valence-corrected chi connectivity index (χ2v) is 8.59. The van der Waals surface area contributed by atoms with Crippen molar-refractivity contribution in [3.63, 3.8) is 0 Å². The highest BCUT2D eigenvalue weighted by atomic mass is 16.2. The lowest BCUT2D eigenvalue weighted by atomic mass is 10.0. The number of carbonyl (C=O) groups excluding carboxylic acids is 1. The number of hydrogen-bond acceptors (Lipinski definition) is 5. The van der Waals surface area contributed by atoms with Gasteiger partial charge in [-0.15, -0.1) is 0 Å². The molecule has 7 nitrogen and oxygen atoms in total. The van der Waals surface area contributed by atoms with Crippen LogP contribution < -0.4 is 0 Å². The average Bonchev–Trinajstić information content (AvgIpc) is 3.18. The molecule has 0 spiro atoms. The topological polar surface area (TPSA) is 67.2 Å². The van der Waals surface area contributed by atoms with Crippen molar-refractivity contribution in [1.82, 2.24) is 29.5 Å². The predicted molar refractivity (Wildman–Crippen MR) is 117 cm³/mol. The average molecular weight is 407 g/mol. The predicted octanol–water partition coefficient (Wildman–Crippen LogP) is 3.49. The van der Waals surface area contributed by atoms with E-state index in [9.17, 15) is 4.79 Å². The van der Waals surface area contributed by atoms with E-state index >= 15 is 0 Å². The lowest BCUT2D eigenvalue weighted by Crippen LogP contribution is -2.48. The maximum atomic E-state index is 13.5. The Hall–Kier alpha value is -2.80. The molecule has 1 amide bonds. The van der Waals surface area contributed by atoms with E-state index in [-0.39, 0.29) is 17.9 Å². The Labute approximate surface area is 177 Å². The van der Waals surface area contributed by atoms with E-state index in [0.29, 0.717) is 0 Å². The number of rotatable bonds is 5. The van der Waals surface area contributed by atoms with Crippen LogP contribution in [0.4, 0.5) is 0 Å². The van der Waals surface area contributed by atoms with Gasteiger partial charge in [0.2, 0.25) is 0 Å². The molecule has 3 aromatic rings. The second-order valence-electron chi connectivity index (χ2n) is 8.59. The molecule has 158 valence electrons. The molecule has 3 aromatic heterocycles. The first-order valence-electron chi connectivity index (χ1n) is 10.7. The summed E-state index contributed by atoms with van der Waals surface area (Å²) in [6, 6.07) is 6.25. The molecule has 7 heteroatoms. The van der Waals surface area contributed by atoms with Crippen LogP contribution in [0.2, 0.25) is 0 Å². The van der Waals surface area contributed by atoms with Gasteiger partial charge in [0.15, 0.2) is 5.65 Å². The number of hydrogen-bond donors (Lipinski definition) is 0. The van der Waals surface area contributed by atoms with Crippen molar-refractivity contribution in [3.05, 3.63) is 53.6 Å². The minimum atomic E-state index is 0.0798. The van der Waals surface area contributed by atoms with Gasteiger partial charge < -0.3 is 4.90 Å². The van der Waals surface area contributed by atoms with Crippen LogP contribution in [-0.2, 0) is 6.54 Å². The molecule has 4 rings (SSSR count).